The van der Waals surface area contributed by atoms with Crippen LogP contribution in [0.2, 0.25) is 0 Å². The molecule has 1 unspecified atom stereocenters. The molecule has 0 radical (unpaired) electrons. The van der Waals surface area contributed by atoms with Crippen LogP contribution >= 0.6 is 0 Å². The molecule has 1 atom stereocenters. The Hall–Kier alpha value is -1.67. The van der Waals surface area contributed by atoms with Crippen molar-refractivity contribution in [3.63, 3.8) is 0 Å². The van der Waals surface area contributed by atoms with E-state index in [1.807, 2.05) is 19.2 Å². The third-order valence-corrected chi connectivity index (χ3v) is 4.10. The van der Waals surface area contributed by atoms with Crippen LogP contribution < -0.4 is 5.32 Å². The summed E-state index contributed by atoms with van der Waals surface area (Å²) in [5.41, 5.74) is 5.30. The molecule has 0 aliphatic carbocycles. The molecule has 0 aliphatic rings. The first-order chi connectivity index (χ1) is 10.2. The van der Waals surface area contributed by atoms with Crippen LogP contribution in [-0.2, 0) is 19.3 Å². The van der Waals surface area contributed by atoms with E-state index in [-0.39, 0.29) is 11.9 Å². The summed E-state index contributed by atoms with van der Waals surface area (Å²) in [6, 6.07) is 13.8. The Kier molecular flexibility index (Phi) is 5.51. The van der Waals surface area contributed by atoms with Crippen LogP contribution in [0.25, 0.3) is 0 Å². The number of benzene rings is 2. The molecule has 0 amide bonds. The summed E-state index contributed by atoms with van der Waals surface area (Å²) in [6.45, 7) is 4.40. The van der Waals surface area contributed by atoms with Gasteiger partial charge in [0.1, 0.15) is 5.82 Å². The lowest BCUT2D eigenvalue weighted by Crippen LogP contribution is -2.19. The third kappa shape index (κ3) is 3.92. The van der Waals surface area contributed by atoms with Crippen LogP contribution in [0.3, 0.4) is 0 Å². The van der Waals surface area contributed by atoms with Crippen LogP contribution in [-0.4, -0.2) is 7.05 Å². The van der Waals surface area contributed by atoms with Gasteiger partial charge in [0, 0.05) is 6.04 Å². The minimum atomic E-state index is -0.180. The van der Waals surface area contributed by atoms with Crippen molar-refractivity contribution in [1.29, 1.82) is 0 Å². The molecule has 0 saturated carbocycles. The summed E-state index contributed by atoms with van der Waals surface area (Å²) < 4.78 is 13.0. The molecule has 2 rings (SSSR count). The van der Waals surface area contributed by atoms with Crippen LogP contribution in [0.15, 0.2) is 42.5 Å². The molecule has 0 heterocycles. The fourth-order valence-electron chi connectivity index (χ4n) is 2.78. The molecule has 1 nitrogen and oxygen atoms in total. The van der Waals surface area contributed by atoms with E-state index in [2.05, 4.69) is 37.4 Å². The van der Waals surface area contributed by atoms with Gasteiger partial charge < -0.3 is 5.32 Å². The smallest absolute Gasteiger partial charge is 0.123 e. The highest BCUT2D eigenvalue weighted by Gasteiger charge is 2.12. The van der Waals surface area contributed by atoms with Gasteiger partial charge in [-0.15, -0.1) is 0 Å². The summed E-state index contributed by atoms with van der Waals surface area (Å²) in [4.78, 5) is 0. The van der Waals surface area contributed by atoms with Crippen molar-refractivity contribution in [1.82, 2.24) is 5.32 Å². The topological polar surface area (TPSA) is 12.0 Å². The summed E-state index contributed by atoms with van der Waals surface area (Å²) in [6.07, 6.45) is 3.00. The Morgan fingerprint density at radius 1 is 0.952 bits per heavy atom. The molecule has 0 fully saturated rings. The second kappa shape index (κ2) is 7.37. The molecule has 0 bridgehead atoms. The van der Waals surface area contributed by atoms with Gasteiger partial charge in [-0.3, -0.25) is 0 Å². The van der Waals surface area contributed by atoms with Crippen molar-refractivity contribution in [2.24, 2.45) is 0 Å². The fraction of sp³-hybridized carbons (Fsp3) is 0.368. The van der Waals surface area contributed by atoms with E-state index in [9.17, 15) is 4.39 Å². The van der Waals surface area contributed by atoms with Gasteiger partial charge in [-0.05, 0) is 60.7 Å². The van der Waals surface area contributed by atoms with E-state index < -0.39 is 0 Å². The van der Waals surface area contributed by atoms with E-state index >= 15 is 0 Å². The maximum absolute atomic E-state index is 13.0. The molecule has 0 aliphatic heterocycles. The Labute approximate surface area is 127 Å². The number of rotatable bonds is 6. The molecule has 0 spiro atoms. The Balaban J connectivity index is 2.22. The maximum atomic E-state index is 13.0. The minimum absolute atomic E-state index is 0.180. The van der Waals surface area contributed by atoms with Crippen molar-refractivity contribution in [2.75, 3.05) is 7.05 Å². The Morgan fingerprint density at radius 3 is 2.19 bits per heavy atom. The molecule has 21 heavy (non-hydrogen) atoms. The molecule has 0 aromatic heterocycles. The van der Waals surface area contributed by atoms with Crippen molar-refractivity contribution in [3.8, 4) is 0 Å². The lowest BCUT2D eigenvalue weighted by Gasteiger charge is -2.19. The van der Waals surface area contributed by atoms with Crippen LogP contribution in [0, 0.1) is 5.82 Å². The van der Waals surface area contributed by atoms with Crippen LogP contribution in [0.1, 0.15) is 42.1 Å². The minimum Gasteiger partial charge on any atom is -0.313 e. The average Bonchev–Trinajstić information content (AvgIpc) is 2.53. The van der Waals surface area contributed by atoms with E-state index in [0.29, 0.717) is 0 Å². The van der Waals surface area contributed by atoms with Gasteiger partial charge in [-0.1, -0.05) is 44.2 Å². The molecule has 2 aromatic carbocycles. The predicted molar refractivity (Wildman–Crippen MR) is 87.1 cm³/mol. The normalized spacial score (nSPS) is 12.4. The van der Waals surface area contributed by atoms with Crippen molar-refractivity contribution >= 4 is 0 Å². The summed E-state index contributed by atoms with van der Waals surface area (Å²) >= 11 is 0. The zero-order valence-corrected chi connectivity index (χ0v) is 13.1. The van der Waals surface area contributed by atoms with Gasteiger partial charge >= 0.3 is 0 Å². The zero-order chi connectivity index (χ0) is 15.2. The van der Waals surface area contributed by atoms with Crippen LogP contribution in [0.4, 0.5) is 4.39 Å². The number of aryl methyl sites for hydroxylation is 2. The first kappa shape index (κ1) is 15.7. The largest absolute Gasteiger partial charge is 0.313 e. The highest BCUT2D eigenvalue weighted by atomic mass is 19.1. The monoisotopic (exact) mass is 285 g/mol. The van der Waals surface area contributed by atoms with Gasteiger partial charge in [0.15, 0.2) is 0 Å². The number of nitrogens with one attached hydrogen (secondary N) is 1. The van der Waals surface area contributed by atoms with Gasteiger partial charge in [0.2, 0.25) is 0 Å². The second-order valence-electron chi connectivity index (χ2n) is 5.41. The molecular weight excluding hydrogens is 261 g/mol. The first-order valence-corrected chi connectivity index (χ1v) is 7.71. The Morgan fingerprint density at radius 2 is 1.62 bits per heavy atom. The second-order valence-corrected chi connectivity index (χ2v) is 5.41. The molecular formula is C19H24FN. The summed E-state index contributed by atoms with van der Waals surface area (Å²) in [5, 5.41) is 3.38. The quantitative estimate of drug-likeness (QED) is 0.826. The average molecular weight is 285 g/mol. The van der Waals surface area contributed by atoms with Crippen molar-refractivity contribution in [3.05, 3.63) is 70.5 Å². The highest BCUT2D eigenvalue weighted by Crippen LogP contribution is 2.22. The predicted octanol–water partition coefficient (Wildman–Crippen LogP) is 4.45. The van der Waals surface area contributed by atoms with Gasteiger partial charge in [-0.25, -0.2) is 4.39 Å². The van der Waals surface area contributed by atoms with E-state index in [4.69, 9.17) is 0 Å². The van der Waals surface area contributed by atoms with E-state index in [1.165, 1.54) is 28.8 Å². The maximum Gasteiger partial charge on any atom is 0.123 e. The van der Waals surface area contributed by atoms with Gasteiger partial charge in [0.05, 0.1) is 0 Å². The number of halogens is 1. The lowest BCUT2D eigenvalue weighted by atomic mass is 9.93. The van der Waals surface area contributed by atoms with Crippen LogP contribution in [0.5, 0.6) is 0 Å². The molecule has 112 valence electrons. The van der Waals surface area contributed by atoms with Gasteiger partial charge in [0.25, 0.3) is 0 Å². The molecule has 2 heteroatoms. The summed E-state index contributed by atoms with van der Waals surface area (Å²) in [5.74, 6) is -0.180. The van der Waals surface area contributed by atoms with Crippen molar-refractivity contribution < 1.29 is 4.39 Å². The number of likely N-dealkylation sites (N-methyl/N-ethyl adjacent to an activating group) is 1. The lowest BCUT2D eigenvalue weighted by molar-refractivity contribution is 0.588. The zero-order valence-electron chi connectivity index (χ0n) is 13.1. The summed E-state index contributed by atoms with van der Waals surface area (Å²) in [7, 11) is 1.98. The fourth-order valence-corrected chi connectivity index (χ4v) is 2.78. The number of hydrogen-bond donors (Lipinski definition) is 1. The first-order valence-electron chi connectivity index (χ1n) is 7.71. The molecule has 1 N–H and O–H groups in total. The van der Waals surface area contributed by atoms with E-state index in [0.717, 1.165) is 24.8 Å². The number of hydrogen-bond acceptors (Lipinski definition) is 1. The Bertz CT molecular complexity index is 575. The van der Waals surface area contributed by atoms with E-state index in [1.54, 1.807) is 0 Å². The highest BCUT2D eigenvalue weighted by molar-refractivity contribution is 5.34. The third-order valence-electron chi connectivity index (χ3n) is 4.10. The molecule has 0 saturated heterocycles. The van der Waals surface area contributed by atoms with Crippen molar-refractivity contribution in [2.45, 2.75) is 39.2 Å². The molecule has 2 aromatic rings. The SMILES string of the molecule is CCc1ccc(C(Cc2ccc(F)cc2)NC)cc1CC. The van der Waals surface area contributed by atoms with Gasteiger partial charge in [-0.2, -0.15) is 0 Å². The standard InChI is InChI=1S/C19H24FN/c1-4-15-8-9-17(13-16(15)5-2)19(21-3)12-14-6-10-18(20)11-7-14/h6-11,13,19,21H,4-5,12H2,1-3H3.